The Balaban J connectivity index is 3.26. The quantitative estimate of drug-likeness (QED) is 0.794. The van der Waals surface area contributed by atoms with Gasteiger partial charge < -0.3 is 5.11 Å². The SMILES string of the molecule is C/C=C(\CC)c1ccccc1C(=O)O. The highest BCUT2D eigenvalue weighted by Gasteiger charge is 2.10. The molecular weight excluding hydrogens is 176 g/mol. The molecule has 0 atom stereocenters. The zero-order chi connectivity index (χ0) is 10.6. The number of carboxylic acids is 1. The highest BCUT2D eigenvalue weighted by Crippen LogP contribution is 2.21. The maximum atomic E-state index is 10.9. The summed E-state index contributed by atoms with van der Waals surface area (Å²) in [4.78, 5) is 10.9. The van der Waals surface area contributed by atoms with Crippen LogP contribution in [0.4, 0.5) is 0 Å². The summed E-state index contributed by atoms with van der Waals surface area (Å²) in [5.74, 6) is -0.867. The number of rotatable bonds is 3. The first-order valence-corrected chi connectivity index (χ1v) is 4.68. The van der Waals surface area contributed by atoms with Crippen LogP contribution in [0.5, 0.6) is 0 Å². The van der Waals surface area contributed by atoms with Crippen LogP contribution in [0.3, 0.4) is 0 Å². The van der Waals surface area contributed by atoms with Gasteiger partial charge in [0.15, 0.2) is 0 Å². The van der Waals surface area contributed by atoms with Gasteiger partial charge in [0.1, 0.15) is 0 Å². The van der Waals surface area contributed by atoms with Crippen LogP contribution in [0.25, 0.3) is 5.57 Å². The topological polar surface area (TPSA) is 37.3 Å². The molecule has 0 saturated carbocycles. The highest BCUT2D eigenvalue weighted by atomic mass is 16.4. The Bertz CT molecular complexity index is 364. The molecule has 1 rings (SSSR count). The molecule has 0 aliphatic rings. The lowest BCUT2D eigenvalue weighted by atomic mass is 9.98. The van der Waals surface area contributed by atoms with E-state index in [1.165, 1.54) is 0 Å². The van der Waals surface area contributed by atoms with Gasteiger partial charge in [-0.1, -0.05) is 31.2 Å². The van der Waals surface area contributed by atoms with Crippen LogP contribution >= 0.6 is 0 Å². The molecule has 1 N–H and O–H groups in total. The monoisotopic (exact) mass is 190 g/mol. The van der Waals surface area contributed by atoms with Crippen molar-refractivity contribution in [1.82, 2.24) is 0 Å². The number of allylic oxidation sites excluding steroid dienone is 2. The fourth-order valence-corrected chi connectivity index (χ4v) is 1.50. The van der Waals surface area contributed by atoms with Crippen molar-refractivity contribution >= 4 is 11.5 Å². The van der Waals surface area contributed by atoms with Gasteiger partial charge in [-0.25, -0.2) is 4.79 Å². The van der Waals surface area contributed by atoms with Gasteiger partial charge in [0.05, 0.1) is 5.56 Å². The molecule has 74 valence electrons. The van der Waals surface area contributed by atoms with Crippen LogP contribution in [-0.4, -0.2) is 11.1 Å². The minimum absolute atomic E-state index is 0.377. The third-order valence-corrected chi connectivity index (χ3v) is 2.23. The van der Waals surface area contributed by atoms with Gasteiger partial charge >= 0.3 is 5.97 Å². The Morgan fingerprint density at radius 1 is 1.36 bits per heavy atom. The van der Waals surface area contributed by atoms with Gasteiger partial charge in [-0.2, -0.15) is 0 Å². The van der Waals surface area contributed by atoms with E-state index >= 15 is 0 Å². The van der Waals surface area contributed by atoms with Crippen molar-refractivity contribution in [3.8, 4) is 0 Å². The summed E-state index contributed by atoms with van der Waals surface area (Å²) in [5, 5.41) is 8.98. The van der Waals surface area contributed by atoms with Crippen LogP contribution in [0.2, 0.25) is 0 Å². The molecule has 0 amide bonds. The van der Waals surface area contributed by atoms with Crippen molar-refractivity contribution in [2.45, 2.75) is 20.3 Å². The fraction of sp³-hybridized carbons (Fsp3) is 0.250. The minimum Gasteiger partial charge on any atom is -0.478 e. The molecule has 1 aromatic carbocycles. The Labute approximate surface area is 83.9 Å². The first-order valence-electron chi connectivity index (χ1n) is 4.68. The number of benzene rings is 1. The van der Waals surface area contributed by atoms with E-state index < -0.39 is 5.97 Å². The lowest BCUT2D eigenvalue weighted by Crippen LogP contribution is -2.01. The number of aromatic carboxylic acids is 1. The van der Waals surface area contributed by atoms with Crippen molar-refractivity contribution in [3.63, 3.8) is 0 Å². The number of hydrogen-bond acceptors (Lipinski definition) is 1. The number of carbonyl (C=O) groups is 1. The van der Waals surface area contributed by atoms with Crippen molar-refractivity contribution in [1.29, 1.82) is 0 Å². The molecule has 1 aromatic rings. The standard InChI is InChI=1S/C12H14O2/c1-3-9(4-2)10-7-5-6-8-11(10)12(13)14/h3,5-8H,4H2,1-2H3,(H,13,14)/b9-3+. The second-order valence-corrected chi connectivity index (χ2v) is 3.02. The van der Waals surface area contributed by atoms with Crippen molar-refractivity contribution in [3.05, 3.63) is 41.5 Å². The third-order valence-electron chi connectivity index (χ3n) is 2.23. The van der Waals surface area contributed by atoms with Crippen LogP contribution in [0.15, 0.2) is 30.3 Å². The van der Waals surface area contributed by atoms with Crippen molar-refractivity contribution in [2.75, 3.05) is 0 Å². The van der Waals surface area contributed by atoms with Gasteiger partial charge in [-0.3, -0.25) is 0 Å². The van der Waals surface area contributed by atoms with Gasteiger partial charge in [0, 0.05) is 0 Å². The van der Waals surface area contributed by atoms with E-state index in [1.54, 1.807) is 12.1 Å². The first kappa shape index (κ1) is 10.5. The lowest BCUT2D eigenvalue weighted by Gasteiger charge is -2.07. The van der Waals surface area contributed by atoms with E-state index in [9.17, 15) is 4.79 Å². The molecule has 0 aromatic heterocycles. The van der Waals surface area contributed by atoms with Crippen LogP contribution < -0.4 is 0 Å². The normalized spacial score (nSPS) is 11.4. The third kappa shape index (κ3) is 2.02. The summed E-state index contributed by atoms with van der Waals surface area (Å²) >= 11 is 0. The van der Waals surface area contributed by atoms with Crippen molar-refractivity contribution in [2.24, 2.45) is 0 Å². The van der Waals surface area contributed by atoms with Crippen LogP contribution in [0, 0.1) is 0 Å². The van der Waals surface area contributed by atoms with E-state index in [0.29, 0.717) is 5.56 Å². The Morgan fingerprint density at radius 2 is 1.93 bits per heavy atom. The van der Waals surface area contributed by atoms with E-state index in [4.69, 9.17) is 5.11 Å². The first-order chi connectivity index (χ1) is 6.70. The summed E-state index contributed by atoms with van der Waals surface area (Å²) < 4.78 is 0. The molecule has 0 heterocycles. The molecule has 0 bridgehead atoms. The summed E-state index contributed by atoms with van der Waals surface area (Å²) in [7, 11) is 0. The largest absolute Gasteiger partial charge is 0.478 e. The Morgan fingerprint density at radius 3 is 2.36 bits per heavy atom. The molecule has 0 aliphatic heterocycles. The predicted molar refractivity (Wildman–Crippen MR) is 57.3 cm³/mol. The van der Waals surface area contributed by atoms with Gasteiger partial charge in [-0.15, -0.1) is 0 Å². The fourth-order valence-electron chi connectivity index (χ4n) is 1.50. The zero-order valence-electron chi connectivity index (χ0n) is 8.45. The van der Waals surface area contributed by atoms with Crippen LogP contribution in [-0.2, 0) is 0 Å². The molecule has 2 heteroatoms. The highest BCUT2D eigenvalue weighted by molar-refractivity contribution is 5.94. The average Bonchev–Trinajstić information content (AvgIpc) is 2.20. The maximum Gasteiger partial charge on any atom is 0.336 e. The maximum absolute atomic E-state index is 10.9. The summed E-state index contributed by atoms with van der Waals surface area (Å²) in [6.45, 7) is 3.95. The van der Waals surface area contributed by atoms with Gasteiger partial charge in [0.2, 0.25) is 0 Å². The number of hydrogen-bond donors (Lipinski definition) is 1. The second-order valence-electron chi connectivity index (χ2n) is 3.02. The van der Waals surface area contributed by atoms with Gasteiger partial charge in [0.25, 0.3) is 0 Å². The van der Waals surface area contributed by atoms with E-state index in [-0.39, 0.29) is 0 Å². The number of carboxylic acid groups (broad SMARTS) is 1. The molecule has 0 aliphatic carbocycles. The molecular formula is C12H14O2. The molecule has 0 unspecified atom stereocenters. The smallest absolute Gasteiger partial charge is 0.336 e. The summed E-state index contributed by atoms with van der Waals surface area (Å²) in [6.07, 6.45) is 2.81. The Kier molecular flexibility index (Phi) is 3.46. The Hall–Kier alpha value is -1.57. The molecule has 2 nitrogen and oxygen atoms in total. The summed E-state index contributed by atoms with van der Waals surface area (Å²) in [6, 6.07) is 7.09. The van der Waals surface area contributed by atoms with Crippen LogP contribution in [0.1, 0.15) is 36.2 Å². The second kappa shape index (κ2) is 4.61. The molecule has 14 heavy (non-hydrogen) atoms. The molecule has 0 spiro atoms. The lowest BCUT2D eigenvalue weighted by molar-refractivity contribution is 0.0696. The van der Waals surface area contributed by atoms with Crippen molar-refractivity contribution < 1.29 is 9.90 Å². The zero-order valence-corrected chi connectivity index (χ0v) is 8.45. The average molecular weight is 190 g/mol. The molecule has 0 saturated heterocycles. The molecule has 0 fully saturated rings. The minimum atomic E-state index is -0.867. The van der Waals surface area contributed by atoms with E-state index in [0.717, 1.165) is 17.6 Å². The molecule has 0 radical (unpaired) electrons. The predicted octanol–water partition coefficient (Wildman–Crippen LogP) is 3.20. The van der Waals surface area contributed by atoms with E-state index in [2.05, 4.69) is 0 Å². The van der Waals surface area contributed by atoms with Gasteiger partial charge in [-0.05, 0) is 30.5 Å². The van der Waals surface area contributed by atoms with E-state index in [1.807, 2.05) is 32.1 Å². The summed E-state index contributed by atoms with van der Waals surface area (Å²) in [5.41, 5.74) is 2.27.